The fourth-order valence-corrected chi connectivity index (χ4v) is 4.65. The van der Waals surface area contributed by atoms with Gasteiger partial charge in [-0.3, -0.25) is 0 Å². The van der Waals surface area contributed by atoms with Gasteiger partial charge in [0.2, 0.25) is 0 Å². The molecule has 0 spiro atoms. The topological polar surface area (TPSA) is 139 Å². The highest BCUT2D eigenvalue weighted by Gasteiger charge is 2.82. The van der Waals surface area contributed by atoms with E-state index in [1.807, 2.05) is 0 Å². The Morgan fingerprint density at radius 1 is 0.643 bits per heavy atom. The Balaban J connectivity index is 6.24. The van der Waals surface area contributed by atoms with Crippen molar-refractivity contribution in [1.82, 2.24) is 14.2 Å². The zero-order valence-electron chi connectivity index (χ0n) is 13.0. The lowest BCUT2D eigenvalue weighted by atomic mass is 10.3. The molecule has 170 valence electrons. The summed E-state index contributed by atoms with van der Waals surface area (Å²) in [5.74, 6) is -7.42. The van der Waals surface area contributed by atoms with E-state index in [1.165, 1.54) is 0 Å². The maximum Gasteiger partial charge on any atom is 0.512 e. The Bertz CT molecular complexity index is 881. The number of hydrogen-bond donors (Lipinski definition) is 3. The summed E-state index contributed by atoms with van der Waals surface area (Å²) >= 11 is 0. The molecule has 0 aromatic heterocycles. The Kier molecular flexibility index (Phi) is 7.49. The second-order valence-electron chi connectivity index (χ2n) is 4.65. The summed E-state index contributed by atoms with van der Waals surface area (Å²) < 4.78 is 183. The molecule has 0 rings (SSSR count). The first-order valence-electron chi connectivity index (χ1n) is 6.13. The van der Waals surface area contributed by atoms with Crippen LogP contribution in [0.15, 0.2) is 0 Å². The molecule has 0 aliphatic rings. The van der Waals surface area contributed by atoms with Crippen LogP contribution in [0.5, 0.6) is 0 Å². The monoisotopic (exact) mass is 499 g/mol. The first-order valence-corrected chi connectivity index (χ1v) is 10.6. The van der Waals surface area contributed by atoms with Crippen LogP contribution < -0.4 is 14.2 Å². The van der Waals surface area contributed by atoms with Gasteiger partial charge in [0.05, 0.1) is 0 Å². The van der Waals surface area contributed by atoms with E-state index in [0.29, 0.717) is 0 Å². The van der Waals surface area contributed by atoms with E-state index < -0.39 is 69.2 Å². The minimum absolute atomic E-state index is 0.485. The molecule has 0 saturated carbocycles. The van der Waals surface area contributed by atoms with Crippen LogP contribution in [0.1, 0.15) is 0 Å². The smallest absolute Gasteiger partial charge is 0.318 e. The van der Waals surface area contributed by atoms with E-state index in [1.54, 1.807) is 0 Å². The largest absolute Gasteiger partial charge is 0.512 e. The number of alkyl halides is 9. The first-order chi connectivity index (χ1) is 12.0. The molecule has 0 amide bonds. The molecule has 0 bridgehead atoms. The van der Waals surface area contributed by atoms with Crippen LogP contribution in [0.4, 0.5) is 39.5 Å². The molecule has 28 heavy (non-hydrogen) atoms. The minimum atomic E-state index is -7.75. The molecule has 0 radical (unpaired) electrons. The summed E-state index contributed by atoms with van der Waals surface area (Å²) in [6.07, 6.45) is 0. The van der Waals surface area contributed by atoms with Crippen LogP contribution >= 0.6 is 0 Å². The SMILES string of the molecule is CNCCNS(=O)(=O)C(F)(F)C(F)(F)C(F)(F)S(=O)(=O)NS(=O)(=O)C(F)(F)F. The second-order valence-corrected chi connectivity index (χ2v) is 10.1. The molecule has 0 heterocycles. The summed E-state index contributed by atoms with van der Waals surface area (Å²) in [5, 5.41) is -12.1. The average molecular weight is 499 g/mol. The van der Waals surface area contributed by atoms with E-state index >= 15 is 0 Å². The molecule has 0 fully saturated rings. The number of sulfonamides is 3. The second kappa shape index (κ2) is 7.74. The van der Waals surface area contributed by atoms with Crippen molar-refractivity contribution in [2.24, 2.45) is 0 Å². The molecular weight excluding hydrogens is 489 g/mol. The highest BCUT2D eigenvalue weighted by molar-refractivity contribution is 8.05. The number of halogens is 9. The van der Waals surface area contributed by atoms with Crippen molar-refractivity contribution in [2.45, 2.75) is 21.9 Å². The molecule has 0 saturated heterocycles. The summed E-state index contributed by atoms with van der Waals surface area (Å²) in [6, 6.07) is 0. The Hall–Kier alpha value is -0.900. The Morgan fingerprint density at radius 3 is 1.39 bits per heavy atom. The summed E-state index contributed by atoms with van der Waals surface area (Å²) in [7, 11) is -20.6. The number of hydrogen-bond acceptors (Lipinski definition) is 7. The highest BCUT2D eigenvalue weighted by Crippen LogP contribution is 2.50. The molecule has 21 heteroatoms. The normalized spacial score (nSPS) is 15.6. The van der Waals surface area contributed by atoms with E-state index in [0.717, 1.165) is 11.8 Å². The fourth-order valence-electron chi connectivity index (χ4n) is 1.15. The van der Waals surface area contributed by atoms with Crippen molar-refractivity contribution in [3.8, 4) is 0 Å². The Morgan fingerprint density at radius 2 is 1.04 bits per heavy atom. The molecule has 9 nitrogen and oxygen atoms in total. The molecule has 0 aliphatic carbocycles. The van der Waals surface area contributed by atoms with Crippen molar-refractivity contribution in [3.63, 3.8) is 0 Å². The third-order valence-corrected chi connectivity index (χ3v) is 7.41. The van der Waals surface area contributed by atoms with E-state index in [2.05, 4.69) is 5.32 Å². The van der Waals surface area contributed by atoms with Crippen LogP contribution in [-0.4, -0.2) is 67.3 Å². The number of nitrogens with one attached hydrogen (secondary N) is 3. The van der Waals surface area contributed by atoms with Crippen molar-refractivity contribution in [3.05, 3.63) is 0 Å². The van der Waals surface area contributed by atoms with Gasteiger partial charge in [-0.1, -0.05) is 4.13 Å². The molecule has 0 aromatic rings. The number of rotatable bonds is 10. The standard InChI is InChI=1S/C7H10F9N3O6S3/c1-17-2-3-18-26(20,21)5(10,11)4(8,9)6(12,13)27(22,23)19-28(24,25)7(14,15)16/h17-19H,2-3H2,1H3. The summed E-state index contributed by atoms with van der Waals surface area (Å²) in [6.45, 7) is -1.55. The maximum atomic E-state index is 13.5. The van der Waals surface area contributed by atoms with Gasteiger partial charge in [0, 0.05) is 13.1 Å². The fraction of sp³-hybridized carbons (Fsp3) is 1.00. The first kappa shape index (κ1) is 27.1. The van der Waals surface area contributed by atoms with Gasteiger partial charge in [0.1, 0.15) is 0 Å². The summed E-state index contributed by atoms with van der Waals surface area (Å²) in [4.78, 5) is 0. The molecule has 0 atom stereocenters. The van der Waals surface area contributed by atoms with Crippen molar-refractivity contribution < 1.29 is 64.8 Å². The lowest BCUT2D eigenvalue weighted by Crippen LogP contribution is -2.65. The third-order valence-electron chi connectivity index (χ3n) is 2.60. The van der Waals surface area contributed by atoms with Crippen molar-refractivity contribution >= 4 is 30.1 Å². The van der Waals surface area contributed by atoms with E-state index in [-0.39, 0.29) is 0 Å². The van der Waals surface area contributed by atoms with Gasteiger partial charge in [0.15, 0.2) is 0 Å². The highest BCUT2D eigenvalue weighted by atomic mass is 32.3. The van der Waals surface area contributed by atoms with Gasteiger partial charge < -0.3 is 5.32 Å². The van der Waals surface area contributed by atoms with Crippen molar-refractivity contribution in [2.75, 3.05) is 20.1 Å². The van der Waals surface area contributed by atoms with Gasteiger partial charge in [-0.25, -0.2) is 30.0 Å². The lowest BCUT2D eigenvalue weighted by Gasteiger charge is -2.31. The van der Waals surface area contributed by atoms with Crippen molar-refractivity contribution in [1.29, 1.82) is 0 Å². The molecule has 0 unspecified atom stereocenters. The van der Waals surface area contributed by atoms with Crippen LogP contribution in [0.25, 0.3) is 0 Å². The molecule has 0 aromatic carbocycles. The molecule has 3 N–H and O–H groups in total. The van der Waals surface area contributed by atoms with Gasteiger partial charge in [-0.2, -0.15) is 39.5 Å². The zero-order valence-corrected chi connectivity index (χ0v) is 15.4. The van der Waals surface area contributed by atoms with Crippen LogP contribution in [0, 0.1) is 0 Å². The molecular formula is C7H10F9N3O6S3. The molecule has 0 aliphatic heterocycles. The van der Waals surface area contributed by atoms with Gasteiger partial charge in [-0.15, -0.1) is 0 Å². The summed E-state index contributed by atoms with van der Waals surface area (Å²) in [5.41, 5.74) is -6.62. The van der Waals surface area contributed by atoms with Gasteiger partial charge in [-0.05, 0) is 7.05 Å². The average Bonchev–Trinajstić information content (AvgIpc) is 2.44. The quantitative estimate of drug-likeness (QED) is 0.278. The Labute approximate surface area is 151 Å². The van der Waals surface area contributed by atoms with Crippen LogP contribution in [0.2, 0.25) is 0 Å². The van der Waals surface area contributed by atoms with E-state index in [9.17, 15) is 64.8 Å². The maximum absolute atomic E-state index is 13.5. The third kappa shape index (κ3) is 4.63. The van der Waals surface area contributed by atoms with Gasteiger partial charge in [0.25, 0.3) is 20.0 Å². The predicted molar refractivity (Wildman–Crippen MR) is 72.7 cm³/mol. The van der Waals surface area contributed by atoms with E-state index in [4.69, 9.17) is 0 Å². The van der Waals surface area contributed by atoms with Crippen LogP contribution in [-0.2, 0) is 30.1 Å². The van der Waals surface area contributed by atoms with Gasteiger partial charge >= 0.3 is 32.0 Å². The zero-order chi connectivity index (χ0) is 23.0. The minimum Gasteiger partial charge on any atom is -0.318 e. The predicted octanol–water partition coefficient (Wildman–Crippen LogP) is -0.285. The number of likely N-dealkylation sites (N-methyl/N-ethyl adjacent to an activating group) is 1. The lowest BCUT2D eigenvalue weighted by molar-refractivity contribution is -0.244. The van der Waals surface area contributed by atoms with Crippen LogP contribution in [0.3, 0.4) is 0 Å².